The van der Waals surface area contributed by atoms with Crippen LogP contribution in [0.1, 0.15) is 26.2 Å². The molecule has 0 heterocycles. The highest BCUT2D eigenvalue weighted by atomic mass is 14.3. The molecule has 0 spiro atoms. The number of nitrogens with zero attached hydrogens (tertiary/aromatic N) is 1. The van der Waals surface area contributed by atoms with Crippen LogP contribution < -0.4 is 0 Å². The lowest BCUT2D eigenvalue weighted by atomic mass is 9.93. The highest BCUT2D eigenvalue weighted by molar-refractivity contribution is 4.99. The topological polar surface area (TPSA) is 23.8 Å². The third-order valence-corrected chi connectivity index (χ3v) is 2.13. The molecular formula is C9H13N. The molecule has 0 fully saturated rings. The average Bonchev–Trinajstić information content (AvgIpc) is 2.13. The van der Waals surface area contributed by atoms with Gasteiger partial charge in [-0.15, -0.1) is 0 Å². The Morgan fingerprint density at radius 2 is 2.40 bits per heavy atom. The van der Waals surface area contributed by atoms with Crippen LogP contribution in [-0.4, -0.2) is 0 Å². The van der Waals surface area contributed by atoms with E-state index in [4.69, 9.17) is 5.26 Å². The van der Waals surface area contributed by atoms with E-state index in [0.29, 0.717) is 5.92 Å². The summed E-state index contributed by atoms with van der Waals surface area (Å²) in [6.45, 7) is 2.12. The average molecular weight is 135 g/mol. The number of allylic oxidation sites excluding steroid dienone is 2. The van der Waals surface area contributed by atoms with E-state index in [-0.39, 0.29) is 5.92 Å². The summed E-state index contributed by atoms with van der Waals surface area (Å²) in [5, 5.41) is 8.70. The molecule has 1 nitrogen and oxygen atoms in total. The molecule has 1 heteroatoms. The van der Waals surface area contributed by atoms with Crippen LogP contribution in [0.15, 0.2) is 12.2 Å². The third-order valence-electron chi connectivity index (χ3n) is 2.13. The maximum absolute atomic E-state index is 8.70. The first-order valence-corrected chi connectivity index (χ1v) is 3.91. The van der Waals surface area contributed by atoms with E-state index >= 15 is 0 Å². The third kappa shape index (κ3) is 1.60. The van der Waals surface area contributed by atoms with Crippen molar-refractivity contribution in [3.63, 3.8) is 0 Å². The fraction of sp³-hybridized carbons (Fsp3) is 0.667. The molecule has 10 heavy (non-hydrogen) atoms. The molecule has 0 radical (unpaired) electrons. The SMILES string of the molecule is C[C@@H]1C=CCCCC1C#N. The van der Waals surface area contributed by atoms with Crippen LogP contribution in [-0.2, 0) is 0 Å². The molecule has 1 rings (SSSR count). The van der Waals surface area contributed by atoms with Crippen LogP contribution in [0.4, 0.5) is 0 Å². The number of hydrogen-bond donors (Lipinski definition) is 0. The Kier molecular flexibility index (Phi) is 2.50. The van der Waals surface area contributed by atoms with Crippen molar-refractivity contribution >= 4 is 0 Å². The molecule has 54 valence electrons. The summed E-state index contributed by atoms with van der Waals surface area (Å²) in [6, 6.07) is 2.34. The maximum atomic E-state index is 8.70. The lowest BCUT2D eigenvalue weighted by Crippen LogP contribution is -2.04. The van der Waals surface area contributed by atoms with E-state index in [0.717, 1.165) is 12.8 Å². The first-order valence-electron chi connectivity index (χ1n) is 3.91. The van der Waals surface area contributed by atoms with Crippen LogP contribution in [0.5, 0.6) is 0 Å². The fourth-order valence-corrected chi connectivity index (χ4v) is 1.35. The minimum Gasteiger partial charge on any atom is -0.198 e. The normalized spacial score (nSPS) is 32.8. The minimum absolute atomic E-state index is 0.263. The smallest absolute Gasteiger partial charge is 0.0661 e. The quantitative estimate of drug-likeness (QED) is 0.468. The highest BCUT2D eigenvalue weighted by Gasteiger charge is 2.14. The summed E-state index contributed by atoms with van der Waals surface area (Å²) in [6.07, 6.45) is 7.77. The second-order valence-corrected chi connectivity index (χ2v) is 2.95. The Labute approximate surface area is 62.4 Å². The summed E-state index contributed by atoms with van der Waals surface area (Å²) in [5.41, 5.74) is 0. The van der Waals surface area contributed by atoms with Crippen molar-refractivity contribution in [1.29, 1.82) is 5.26 Å². The van der Waals surface area contributed by atoms with Gasteiger partial charge in [-0.25, -0.2) is 0 Å². The predicted molar refractivity (Wildman–Crippen MR) is 41.3 cm³/mol. The number of hydrogen-bond acceptors (Lipinski definition) is 1. The molecule has 1 aliphatic carbocycles. The molecule has 1 unspecified atom stereocenters. The van der Waals surface area contributed by atoms with Gasteiger partial charge in [0, 0.05) is 0 Å². The fourth-order valence-electron chi connectivity index (χ4n) is 1.35. The van der Waals surface area contributed by atoms with Gasteiger partial charge < -0.3 is 0 Å². The van der Waals surface area contributed by atoms with Crippen LogP contribution in [0.3, 0.4) is 0 Å². The molecule has 0 N–H and O–H groups in total. The monoisotopic (exact) mass is 135 g/mol. The zero-order chi connectivity index (χ0) is 7.40. The molecule has 0 saturated heterocycles. The molecule has 1 aliphatic rings. The first-order chi connectivity index (χ1) is 4.84. The van der Waals surface area contributed by atoms with Gasteiger partial charge >= 0.3 is 0 Å². The Bertz CT molecular complexity index is 164. The second-order valence-electron chi connectivity index (χ2n) is 2.95. The van der Waals surface area contributed by atoms with Crippen LogP contribution in [0.2, 0.25) is 0 Å². The van der Waals surface area contributed by atoms with E-state index < -0.39 is 0 Å². The molecule has 0 aliphatic heterocycles. The van der Waals surface area contributed by atoms with Crippen LogP contribution in [0.25, 0.3) is 0 Å². The summed E-state index contributed by atoms with van der Waals surface area (Å²) in [5.74, 6) is 0.728. The molecule has 2 atom stereocenters. The van der Waals surface area contributed by atoms with Crippen LogP contribution >= 0.6 is 0 Å². The van der Waals surface area contributed by atoms with Crippen LogP contribution in [0, 0.1) is 23.2 Å². The Hall–Kier alpha value is -0.770. The summed E-state index contributed by atoms with van der Waals surface area (Å²) < 4.78 is 0. The van der Waals surface area contributed by atoms with Gasteiger partial charge in [-0.2, -0.15) is 5.26 Å². The largest absolute Gasteiger partial charge is 0.198 e. The lowest BCUT2D eigenvalue weighted by molar-refractivity contribution is 0.487. The Morgan fingerprint density at radius 3 is 3.10 bits per heavy atom. The standard InChI is InChI=1S/C9H13N/c1-8-5-3-2-4-6-9(8)7-10/h3,5,8-9H,2,4,6H2,1H3/t8-,9?/m1/s1. The lowest BCUT2D eigenvalue weighted by Gasteiger charge is -2.09. The summed E-state index contributed by atoms with van der Waals surface area (Å²) in [4.78, 5) is 0. The van der Waals surface area contributed by atoms with Crippen molar-refractivity contribution in [2.45, 2.75) is 26.2 Å². The summed E-state index contributed by atoms with van der Waals surface area (Å²) >= 11 is 0. The van der Waals surface area contributed by atoms with E-state index in [1.165, 1.54) is 6.42 Å². The van der Waals surface area contributed by atoms with Gasteiger partial charge in [-0.1, -0.05) is 19.1 Å². The molecule has 0 bridgehead atoms. The summed E-state index contributed by atoms with van der Waals surface area (Å²) in [7, 11) is 0. The Balaban J connectivity index is 2.57. The maximum Gasteiger partial charge on any atom is 0.0661 e. The molecule has 0 aromatic rings. The van der Waals surface area contributed by atoms with Gasteiger partial charge in [0.2, 0.25) is 0 Å². The van der Waals surface area contributed by atoms with Crippen molar-refractivity contribution < 1.29 is 0 Å². The van der Waals surface area contributed by atoms with E-state index in [1.54, 1.807) is 0 Å². The number of nitriles is 1. The van der Waals surface area contributed by atoms with E-state index in [1.807, 2.05) is 0 Å². The molecule has 0 aromatic heterocycles. The number of rotatable bonds is 0. The molecule has 0 aromatic carbocycles. The molecule has 0 amide bonds. The predicted octanol–water partition coefficient (Wildman–Crippen LogP) is 2.50. The molecular weight excluding hydrogens is 122 g/mol. The van der Waals surface area contributed by atoms with Crippen molar-refractivity contribution in [2.75, 3.05) is 0 Å². The van der Waals surface area contributed by atoms with Crippen molar-refractivity contribution in [2.24, 2.45) is 11.8 Å². The van der Waals surface area contributed by atoms with Crippen molar-refractivity contribution in [1.82, 2.24) is 0 Å². The Morgan fingerprint density at radius 1 is 1.60 bits per heavy atom. The van der Waals surface area contributed by atoms with Gasteiger partial charge in [0.15, 0.2) is 0 Å². The van der Waals surface area contributed by atoms with Gasteiger partial charge in [0.1, 0.15) is 0 Å². The molecule has 0 saturated carbocycles. The van der Waals surface area contributed by atoms with Gasteiger partial charge in [-0.05, 0) is 25.2 Å². The van der Waals surface area contributed by atoms with E-state index in [2.05, 4.69) is 25.1 Å². The van der Waals surface area contributed by atoms with Gasteiger partial charge in [0.25, 0.3) is 0 Å². The van der Waals surface area contributed by atoms with Crippen molar-refractivity contribution in [3.8, 4) is 6.07 Å². The van der Waals surface area contributed by atoms with Crippen molar-refractivity contribution in [3.05, 3.63) is 12.2 Å². The second kappa shape index (κ2) is 3.41. The minimum atomic E-state index is 0.263. The first kappa shape index (κ1) is 7.34. The van der Waals surface area contributed by atoms with Gasteiger partial charge in [0.05, 0.1) is 12.0 Å². The van der Waals surface area contributed by atoms with Gasteiger partial charge in [-0.3, -0.25) is 0 Å². The zero-order valence-corrected chi connectivity index (χ0v) is 6.38. The van der Waals surface area contributed by atoms with E-state index in [9.17, 15) is 0 Å². The zero-order valence-electron chi connectivity index (χ0n) is 6.38. The highest BCUT2D eigenvalue weighted by Crippen LogP contribution is 2.22.